The number of amides is 1. The number of carbonyl (C=O) groups is 1. The number of nitrogens with zero attached hydrogens (tertiary/aromatic N) is 1. The lowest BCUT2D eigenvalue weighted by molar-refractivity contribution is 0.00958. The molecule has 1 aliphatic heterocycles. The first-order valence-electron chi connectivity index (χ1n) is 9.08. The van der Waals surface area contributed by atoms with Crippen LogP contribution in [0, 0.1) is 5.92 Å². The molecule has 4 nitrogen and oxygen atoms in total. The molecule has 2 rings (SSSR count). The van der Waals surface area contributed by atoms with Crippen molar-refractivity contribution in [3.05, 3.63) is 0 Å². The van der Waals surface area contributed by atoms with E-state index in [4.69, 9.17) is 4.74 Å². The van der Waals surface area contributed by atoms with Crippen LogP contribution in [0.5, 0.6) is 0 Å². The van der Waals surface area contributed by atoms with Crippen LogP contribution in [0.1, 0.15) is 72.6 Å². The first-order chi connectivity index (χ1) is 10.3. The smallest absolute Gasteiger partial charge is 0.410 e. The van der Waals surface area contributed by atoms with Gasteiger partial charge in [0.25, 0.3) is 0 Å². The fourth-order valence-corrected chi connectivity index (χ4v) is 3.42. The van der Waals surface area contributed by atoms with Crippen LogP contribution < -0.4 is 5.32 Å². The van der Waals surface area contributed by atoms with Gasteiger partial charge < -0.3 is 15.0 Å². The van der Waals surface area contributed by atoms with Crippen LogP contribution in [0.4, 0.5) is 4.79 Å². The predicted molar refractivity (Wildman–Crippen MR) is 90.0 cm³/mol. The molecule has 2 atom stereocenters. The highest BCUT2D eigenvalue weighted by molar-refractivity contribution is 5.68. The molecule has 1 saturated carbocycles. The van der Waals surface area contributed by atoms with E-state index in [0.717, 1.165) is 31.8 Å². The van der Waals surface area contributed by atoms with E-state index in [2.05, 4.69) is 12.2 Å². The molecule has 1 aliphatic carbocycles. The van der Waals surface area contributed by atoms with Crippen LogP contribution in [0.15, 0.2) is 0 Å². The Hall–Kier alpha value is -0.770. The molecule has 0 bridgehead atoms. The van der Waals surface area contributed by atoms with E-state index in [-0.39, 0.29) is 12.1 Å². The highest BCUT2D eigenvalue weighted by atomic mass is 16.6. The van der Waals surface area contributed by atoms with Crippen molar-refractivity contribution in [2.24, 2.45) is 5.92 Å². The number of hydrogen-bond acceptors (Lipinski definition) is 3. The zero-order valence-electron chi connectivity index (χ0n) is 14.9. The minimum absolute atomic E-state index is 0.148. The molecule has 1 N–H and O–H groups in total. The van der Waals surface area contributed by atoms with Crippen LogP contribution in [0.25, 0.3) is 0 Å². The highest BCUT2D eigenvalue weighted by Gasteiger charge is 2.30. The van der Waals surface area contributed by atoms with Crippen molar-refractivity contribution in [2.75, 3.05) is 13.1 Å². The van der Waals surface area contributed by atoms with E-state index in [1.165, 1.54) is 32.1 Å². The van der Waals surface area contributed by atoms with E-state index < -0.39 is 5.60 Å². The Kier molecular flexibility index (Phi) is 6.13. The molecule has 1 saturated heterocycles. The Morgan fingerprint density at radius 2 is 1.95 bits per heavy atom. The number of likely N-dealkylation sites (tertiary alicyclic amines) is 1. The van der Waals surface area contributed by atoms with Crippen molar-refractivity contribution in [1.82, 2.24) is 10.2 Å². The maximum absolute atomic E-state index is 12.4. The molecule has 0 aromatic rings. The molecule has 0 aromatic heterocycles. The van der Waals surface area contributed by atoms with Gasteiger partial charge in [-0.25, -0.2) is 4.79 Å². The highest BCUT2D eigenvalue weighted by Crippen LogP contribution is 2.30. The molecule has 2 unspecified atom stereocenters. The summed E-state index contributed by atoms with van der Waals surface area (Å²) in [7, 11) is 0. The molecule has 22 heavy (non-hydrogen) atoms. The number of ether oxygens (including phenoxy) is 1. The SMILES string of the molecule is CC(CC1CCC1)NCC1CCCCN1C(=O)OC(C)(C)C. The first-order valence-corrected chi connectivity index (χ1v) is 9.08. The second kappa shape index (κ2) is 7.67. The number of carbonyl (C=O) groups excluding carboxylic acids is 1. The lowest BCUT2D eigenvalue weighted by atomic mass is 9.81. The molecule has 0 aromatic carbocycles. The Morgan fingerprint density at radius 1 is 1.23 bits per heavy atom. The predicted octanol–water partition coefficient (Wildman–Crippen LogP) is 3.94. The topological polar surface area (TPSA) is 41.6 Å². The number of rotatable bonds is 5. The Labute approximate surface area is 136 Å². The first kappa shape index (κ1) is 17.6. The lowest BCUT2D eigenvalue weighted by Gasteiger charge is -2.37. The molecule has 128 valence electrons. The van der Waals surface area contributed by atoms with Crippen LogP contribution >= 0.6 is 0 Å². The molecular formula is C18H34N2O2. The third-order valence-corrected chi connectivity index (χ3v) is 4.87. The van der Waals surface area contributed by atoms with Crippen molar-refractivity contribution in [1.29, 1.82) is 0 Å². The van der Waals surface area contributed by atoms with Gasteiger partial charge in [-0.1, -0.05) is 19.3 Å². The summed E-state index contributed by atoms with van der Waals surface area (Å²) in [6.07, 6.45) is 8.73. The van der Waals surface area contributed by atoms with E-state index in [0.29, 0.717) is 6.04 Å². The summed E-state index contributed by atoms with van der Waals surface area (Å²) < 4.78 is 5.56. The normalized spacial score (nSPS) is 24.7. The van der Waals surface area contributed by atoms with Gasteiger partial charge in [0.2, 0.25) is 0 Å². The van der Waals surface area contributed by atoms with Crippen molar-refractivity contribution in [2.45, 2.75) is 90.3 Å². The Bertz CT molecular complexity index is 361. The summed E-state index contributed by atoms with van der Waals surface area (Å²) in [6, 6.07) is 0.833. The second-order valence-electron chi connectivity index (χ2n) is 8.17. The van der Waals surface area contributed by atoms with Gasteiger partial charge in [-0.15, -0.1) is 0 Å². The average molecular weight is 310 g/mol. The molecule has 2 fully saturated rings. The molecule has 4 heteroatoms. The van der Waals surface area contributed by atoms with E-state index >= 15 is 0 Å². The van der Waals surface area contributed by atoms with Gasteiger partial charge in [0.15, 0.2) is 0 Å². The quantitative estimate of drug-likeness (QED) is 0.836. The standard InChI is InChI=1S/C18H34N2O2/c1-14(12-15-8-7-9-15)19-13-16-10-5-6-11-20(16)17(21)22-18(2,3)4/h14-16,19H,5-13H2,1-4H3. The number of nitrogens with one attached hydrogen (secondary N) is 1. The molecule has 1 heterocycles. The van der Waals surface area contributed by atoms with Gasteiger partial charge in [-0.2, -0.15) is 0 Å². The number of hydrogen-bond donors (Lipinski definition) is 1. The zero-order valence-corrected chi connectivity index (χ0v) is 14.9. The third-order valence-electron chi connectivity index (χ3n) is 4.87. The summed E-state index contributed by atoms with van der Waals surface area (Å²) in [5, 5.41) is 3.65. The van der Waals surface area contributed by atoms with Crippen molar-refractivity contribution in [3.63, 3.8) is 0 Å². The maximum Gasteiger partial charge on any atom is 0.410 e. The Balaban J connectivity index is 1.79. The minimum atomic E-state index is -0.413. The monoisotopic (exact) mass is 310 g/mol. The van der Waals surface area contributed by atoms with E-state index in [1.54, 1.807) is 0 Å². The molecule has 2 aliphatic rings. The van der Waals surface area contributed by atoms with Gasteiger partial charge >= 0.3 is 6.09 Å². The largest absolute Gasteiger partial charge is 0.444 e. The zero-order chi connectivity index (χ0) is 16.2. The fourth-order valence-electron chi connectivity index (χ4n) is 3.42. The second-order valence-corrected chi connectivity index (χ2v) is 8.17. The van der Waals surface area contributed by atoms with Gasteiger partial charge in [0.05, 0.1) is 0 Å². The van der Waals surface area contributed by atoms with Gasteiger partial charge in [-0.3, -0.25) is 0 Å². The molecular weight excluding hydrogens is 276 g/mol. The van der Waals surface area contributed by atoms with Gasteiger partial charge in [0, 0.05) is 25.2 Å². The minimum Gasteiger partial charge on any atom is -0.444 e. The van der Waals surface area contributed by atoms with Crippen molar-refractivity contribution >= 4 is 6.09 Å². The van der Waals surface area contributed by atoms with Crippen LogP contribution in [-0.2, 0) is 4.74 Å². The van der Waals surface area contributed by atoms with Crippen LogP contribution in [-0.4, -0.2) is 41.8 Å². The van der Waals surface area contributed by atoms with E-state index in [1.807, 2.05) is 25.7 Å². The van der Waals surface area contributed by atoms with Gasteiger partial charge in [0.1, 0.15) is 5.60 Å². The van der Waals surface area contributed by atoms with Crippen molar-refractivity contribution in [3.8, 4) is 0 Å². The maximum atomic E-state index is 12.4. The third kappa shape index (κ3) is 5.45. The van der Waals surface area contributed by atoms with Crippen LogP contribution in [0.2, 0.25) is 0 Å². The summed E-state index contributed by atoms with van der Waals surface area (Å²) in [5.41, 5.74) is -0.413. The fraction of sp³-hybridized carbons (Fsp3) is 0.944. The average Bonchev–Trinajstić information content (AvgIpc) is 2.39. The summed E-state index contributed by atoms with van der Waals surface area (Å²) >= 11 is 0. The lowest BCUT2D eigenvalue weighted by Crippen LogP contribution is -2.51. The Morgan fingerprint density at radius 3 is 2.55 bits per heavy atom. The summed E-state index contributed by atoms with van der Waals surface area (Å²) in [6.45, 7) is 9.80. The van der Waals surface area contributed by atoms with E-state index in [9.17, 15) is 4.79 Å². The molecule has 1 amide bonds. The summed E-state index contributed by atoms with van der Waals surface area (Å²) in [4.78, 5) is 14.3. The molecule has 0 radical (unpaired) electrons. The van der Waals surface area contributed by atoms with Crippen LogP contribution in [0.3, 0.4) is 0 Å². The number of piperidine rings is 1. The summed E-state index contributed by atoms with van der Waals surface area (Å²) in [5.74, 6) is 0.927. The van der Waals surface area contributed by atoms with Crippen molar-refractivity contribution < 1.29 is 9.53 Å². The molecule has 0 spiro atoms. The van der Waals surface area contributed by atoms with Gasteiger partial charge in [-0.05, 0) is 59.3 Å².